The second-order valence-electron chi connectivity index (χ2n) is 5.73. The molecule has 1 aromatic carbocycles. The van der Waals surface area contributed by atoms with Gasteiger partial charge >= 0.3 is 5.97 Å². The minimum atomic E-state index is -1.47. The van der Waals surface area contributed by atoms with Crippen LogP contribution in [0.4, 0.5) is 0 Å². The zero-order chi connectivity index (χ0) is 17.9. The molecule has 134 valence electrons. The Hall–Kier alpha value is -1.84. The molecule has 0 amide bonds. The number of hydrogen-bond donors (Lipinski definition) is 2. The van der Waals surface area contributed by atoms with Gasteiger partial charge in [-0.25, -0.2) is 9.78 Å². The van der Waals surface area contributed by atoms with Crippen LogP contribution in [0.3, 0.4) is 0 Å². The zero-order valence-corrected chi connectivity index (χ0v) is 14.4. The third kappa shape index (κ3) is 3.58. The maximum absolute atomic E-state index is 13.0. The van der Waals surface area contributed by atoms with Crippen LogP contribution in [0.15, 0.2) is 41.2 Å². The van der Waals surface area contributed by atoms with Crippen LogP contribution in [0.2, 0.25) is 0 Å². The molecule has 0 saturated carbocycles. The molecule has 1 saturated heterocycles. The molecule has 4 unspecified atom stereocenters. The van der Waals surface area contributed by atoms with Crippen LogP contribution in [0, 0.1) is 0 Å². The summed E-state index contributed by atoms with van der Waals surface area (Å²) in [4.78, 5) is 17.2. The van der Waals surface area contributed by atoms with E-state index in [1.165, 1.54) is 18.4 Å². The number of aliphatic hydroxyl groups excluding tert-OH is 2. The second-order valence-corrected chi connectivity index (χ2v) is 6.45. The monoisotopic (exact) mass is 365 g/mol. The van der Waals surface area contributed by atoms with Crippen LogP contribution in [-0.4, -0.2) is 53.4 Å². The van der Waals surface area contributed by atoms with Crippen molar-refractivity contribution in [3.05, 3.63) is 52.5 Å². The highest BCUT2D eigenvalue weighted by atomic mass is 32.1. The molecule has 25 heavy (non-hydrogen) atoms. The van der Waals surface area contributed by atoms with E-state index in [-0.39, 0.29) is 13.0 Å². The van der Waals surface area contributed by atoms with Crippen LogP contribution in [0.5, 0.6) is 0 Å². The first-order chi connectivity index (χ1) is 12.1. The van der Waals surface area contributed by atoms with E-state index in [1.54, 1.807) is 10.9 Å². The molecule has 7 nitrogen and oxygen atoms in total. The molecule has 3 rings (SSSR count). The number of aliphatic hydroxyl groups is 2. The summed E-state index contributed by atoms with van der Waals surface area (Å²) in [6.07, 6.45) is -3.43. The highest BCUT2D eigenvalue weighted by Crippen LogP contribution is 2.32. The van der Waals surface area contributed by atoms with Gasteiger partial charge in [-0.2, -0.15) is 0 Å². The van der Waals surface area contributed by atoms with E-state index in [0.29, 0.717) is 5.69 Å². The summed E-state index contributed by atoms with van der Waals surface area (Å²) in [5.74, 6) is -0.733. The Morgan fingerprint density at radius 3 is 2.72 bits per heavy atom. The first-order valence-electron chi connectivity index (χ1n) is 7.73. The van der Waals surface area contributed by atoms with Gasteiger partial charge in [-0.1, -0.05) is 30.3 Å². The largest absolute Gasteiger partial charge is 0.430 e. The summed E-state index contributed by atoms with van der Waals surface area (Å²) in [6, 6.07) is 9.35. The number of nitrogens with zero attached hydrogens (tertiary/aromatic N) is 1. The lowest BCUT2D eigenvalue weighted by Crippen LogP contribution is -2.45. The highest BCUT2D eigenvalue weighted by Gasteiger charge is 2.48. The lowest BCUT2D eigenvalue weighted by Gasteiger charge is -2.30. The van der Waals surface area contributed by atoms with Gasteiger partial charge in [0.15, 0.2) is 0 Å². The van der Waals surface area contributed by atoms with Gasteiger partial charge in [-0.3, -0.25) is 0 Å². The van der Waals surface area contributed by atoms with Crippen molar-refractivity contribution < 1.29 is 29.2 Å². The summed E-state index contributed by atoms with van der Waals surface area (Å²) in [7, 11) is 1.41. The standard InChI is InChI=1S/C17H19NO6S/c1-22-17(13-9-25-10-18-13,7-11-5-3-2-4-6-11)16(21)24-15-14(20)12(19)8-23-15/h2-6,9-10,12,14-15,19-20H,7-8H2,1H3. The van der Waals surface area contributed by atoms with Crippen LogP contribution in [-0.2, 0) is 31.0 Å². The van der Waals surface area contributed by atoms with Crippen LogP contribution >= 0.6 is 11.3 Å². The molecule has 1 aromatic heterocycles. The Labute approximate surface area is 148 Å². The smallest absolute Gasteiger partial charge is 0.347 e. The van der Waals surface area contributed by atoms with Crippen LogP contribution in [0.25, 0.3) is 0 Å². The average molecular weight is 365 g/mol. The first-order valence-corrected chi connectivity index (χ1v) is 8.67. The maximum atomic E-state index is 13.0. The summed E-state index contributed by atoms with van der Waals surface area (Å²) in [6.45, 7) is -0.103. The molecule has 0 aliphatic carbocycles. The molecule has 4 atom stereocenters. The zero-order valence-electron chi connectivity index (χ0n) is 13.6. The summed E-state index contributed by atoms with van der Waals surface area (Å²) >= 11 is 1.33. The van der Waals surface area contributed by atoms with Crippen molar-refractivity contribution in [2.75, 3.05) is 13.7 Å². The van der Waals surface area contributed by atoms with Crippen molar-refractivity contribution in [2.24, 2.45) is 0 Å². The first kappa shape index (κ1) is 18.0. The van der Waals surface area contributed by atoms with E-state index in [2.05, 4.69) is 4.98 Å². The van der Waals surface area contributed by atoms with Crippen molar-refractivity contribution >= 4 is 17.3 Å². The Kier molecular flexibility index (Phi) is 5.45. The Bertz CT molecular complexity index is 694. The highest BCUT2D eigenvalue weighted by molar-refractivity contribution is 7.07. The number of hydrogen-bond acceptors (Lipinski definition) is 8. The summed E-state index contributed by atoms with van der Waals surface area (Å²) in [5, 5.41) is 21.1. The van der Waals surface area contributed by atoms with Gasteiger partial charge < -0.3 is 24.4 Å². The Morgan fingerprint density at radius 2 is 2.16 bits per heavy atom. The minimum Gasteiger partial charge on any atom is -0.430 e. The third-order valence-electron chi connectivity index (χ3n) is 4.15. The molecule has 2 N–H and O–H groups in total. The van der Waals surface area contributed by atoms with Crippen LogP contribution < -0.4 is 0 Å². The lowest BCUT2D eigenvalue weighted by atomic mass is 9.91. The van der Waals surface area contributed by atoms with Gasteiger partial charge in [0.05, 0.1) is 17.8 Å². The van der Waals surface area contributed by atoms with Crippen molar-refractivity contribution in [1.29, 1.82) is 0 Å². The predicted molar refractivity (Wildman–Crippen MR) is 88.8 cm³/mol. The van der Waals surface area contributed by atoms with Gasteiger partial charge in [-0.05, 0) is 5.56 Å². The minimum absolute atomic E-state index is 0.103. The number of ether oxygens (including phenoxy) is 3. The van der Waals surface area contributed by atoms with Crippen molar-refractivity contribution in [1.82, 2.24) is 4.98 Å². The number of aromatic nitrogens is 1. The van der Waals surface area contributed by atoms with E-state index >= 15 is 0 Å². The number of carbonyl (C=O) groups is 1. The topological polar surface area (TPSA) is 98.1 Å². The van der Waals surface area contributed by atoms with Crippen molar-refractivity contribution in [3.63, 3.8) is 0 Å². The number of methoxy groups -OCH3 is 1. The normalized spacial score (nSPS) is 25.5. The number of benzene rings is 1. The molecule has 1 fully saturated rings. The Morgan fingerprint density at radius 1 is 1.40 bits per heavy atom. The van der Waals surface area contributed by atoms with E-state index < -0.39 is 30.1 Å². The quantitative estimate of drug-likeness (QED) is 0.732. The fraction of sp³-hybridized carbons (Fsp3) is 0.412. The van der Waals surface area contributed by atoms with Gasteiger partial charge in [0.2, 0.25) is 11.9 Å². The van der Waals surface area contributed by atoms with Gasteiger partial charge in [0.25, 0.3) is 0 Å². The summed E-state index contributed by atoms with van der Waals surface area (Å²) in [5.41, 5.74) is 1.41. The van der Waals surface area contributed by atoms with E-state index in [0.717, 1.165) is 5.56 Å². The van der Waals surface area contributed by atoms with Crippen molar-refractivity contribution in [2.45, 2.75) is 30.5 Å². The molecule has 8 heteroatoms. The molecular weight excluding hydrogens is 346 g/mol. The molecule has 1 aliphatic heterocycles. The fourth-order valence-electron chi connectivity index (χ4n) is 2.70. The fourth-order valence-corrected chi connectivity index (χ4v) is 3.31. The van der Waals surface area contributed by atoms with Gasteiger partial charge in [0.1, 0.15) is 12.2 Å². The van der Waals surface area contributed by atoms with Gasteiger partial charge in [0, 0.05) is 18.9 Å². The Balaban J connectivity index is 1.89. The molecule has 0 bridgehead atoms. The molecule has 2 heterocycles. The molecular formula is C17H19NO6S. The average Bonchev–Trinajstić information content (AvgIpc) is 3.27. The van der Waals surface area contributed by atoms with E-state index in [4.69, 9.17) is 14.2 Å². The summed E-state index contributed by atoms with van der Waals surface area (Å²) < 4.78 is 16.0. The predicted octanol–water partition coefficient (Wildman–Crippen LogP) is 0.849. The number of rotatable bonds is 6. The SMILES string of the molecule is COC(Cc1ccccc1)(C(=O)OC1OCC(O)C1O)c1cscn1. The second kappa shape index (κ2) is 7.59. The van der Waals surface area contributed by atoms with E-state index in [9.17, 15) is 15.0 Å². The maximum Gasteiger partial charge on any atom is 0.347 e. The molecule has 2 aromatic rings. The molecule has 0 radical (unpaired) electrons. The third-order valence-corrected chi connectivity index (χ3v) is 4.73. The number of thiazole rings is 1. The lowest BCUT2D eigenvalue weighted by molar-refractivity contribution is -0.206. The van der Waals surface area contributed by atoms with Crippen LogP contribution in [0.1, 0.15) is 11.3 Å². The van der Waals surface area contributed by atoms with E-state index in [1.807, 2.05) is 30.3 Å². The van der Waals surface area contributed by atoms with Crippen molar-refractivity contribution in [3.8, 4) is 0 Å². The van der Waals surface area contributed by atoms with Gasteiger partial charge in [-0.15, -0.1) is 11.3 Å². The molecule has 1 aliphatic rings. The number of carbonyl (C=O) groups excluding carboxylic acids is 1. The number of esters is 1. The molecule has 0 spiro atoms.